The number of rotatable bonds is 5. The lowest BCUT2D eigenvalue weighted by Gasteiger charge is -2.10. The first-order valence-electron chi connectivity index (χ1n) is 6.99. The normalized spacial score (nSPS) is 9.86. The Labute approximate surface area is 135 Å². The monoisotopic (exact) mass is 314 g/mol. The molecule has 2 N–H and O–H groups in total. The van der Waals surface area contributed by atoms with Gasteiger partial charge in [0.25, 0.3) is 0 Å². The topological polar surface area (TPSA) is 50.4 Å². The van der Waals surface area contributed by atoms with E-state index < -0.39 is 0 Å². The maximum absolute atomic E-state index is 10.9. The zero-order valence-electron chi connectivity index (χ0n) is 12.3. The van der Waals surface area contributed by atoms with Crippen LogP contribution in [0.5, 0.6) is 5.75 Å². The molecule has 0 atom stereocenters. The number of ether oxygens (including phenoxy) is 1. The predicted molar refractivity (Wildman–Crippen MR) is 92.1 cm³/mol. The molecule has 0 unspecified atom stereocenters. The fourth-order valence-electron chi connectivity index (χ4n) is 1.89. The minimum absolute atomic E-state index is 0.196. The number of thiocarbonyl (C=S) groups is 1. The maximum atomic E-state index is 10.9. The number of benzene rings is 2. The number of nitrogens with one attached hydrogen (secondary N) is 2. The van der Waals surface area contributed by atoms with Crippen molar-refractivity contribution in [3.8, 4) is 5.75 Å². The van der Waals surface area contributed by atoms with Gasteiger partial charge in [-0.15, -0.1) is 0 Å². The Morgan fingerprint density at radius 2 is 1.77 bits per heavy atom. The highest BCUT2D eigenvalue weighted by Gasteiger charge is 2.00. The quantitative estimate of drug-likeness (QED) is 0.833. The Kier molecular flexibility index (Phi) is 5.91. The molecule has 0 spiro atoms. The summed E-state index contributed by atoms with van der Waals surface area (Å²) in [6.07, 6.45) is 0.869. The van der Waals surface area contributed by atoms with E-state index in [4.69, 9.17) is 17.0 Å². The number of hydrogen-bond acceptors (Lipinski definition) is 3. The van der Waals surface area contributed by atoms with Crippen molar-refractivity contribution in [1.29, 1.82) is 0 Å². The molecule has 0 radical (unpaired) electrons. The van der Waals surface area contributed by atoms with Gasteiger partial charge in [-0.3, -0.25) is 4.79 Å². The van der Waals surface area contributed by atoms with Crippen molar-refractivity contribution in [1.82, 2.24) is 5.32 Å². The van der Waals surface area contributed by atoms with Crippen LogP contribution in [-0.2, 0) is 11.2 Å². The summed E-state index contributed by atoms with van der Waals surface area (Å²) in [4.78, 5) is 10.9. The van der Waals surface area contributed by atoms with Crippen LogP contribution in [0.3, 0.4) is 0 Å². The lowest BCUT2D eigenvalue weighted by Crippen LogP contribution is -2.32. The molecule has 4 nitrogen and oxygen atoms in total. The number of anilines is 1. The SMILES string of the molecule is CC(=O)NC(=S)Nc1ccc(OCCc2ccccc2)cc1. The Morgan fingerprint density at radius 1 is 1.09 bits per heavy atom. The van der Waals surface area contributed by atoms with Crippen molar-refractivity contribution in [3.05, 3.63) is 60.2 Å². The molecular formula is C17H18N2O2S. The van der Waals surface area contributed by atoms with Gasteiger partial charge in [-0.1, -0.05) is 30.3 Å². The van der Waals surface area contributed by atoms with E-state index in [0.29, 0.717) is 6.61 Å². The molecule has 0 saturated heterocycles. The van der Waals surface area contributed by atoms with Crippen molar-refractivity contribution in [3.63, 3.8) is 0 Å². The molecule has 2 aromatic carbocycles. The fraction of sp³-hybridized carbons (Fsp3) is 0.176. The smallest absolute Gasteiger partial charge is 0.222 e. The third-order valence-corrected chi connectivity index (χ3v) is 3.11. The first kappa shape index (κ1) is 16.0. The van der Waals surface area contributed by atoms with Gasteiger partial charge in [0.05, 0.1) is 6.61 Å². The summed E-state index contributed by atoms with van der Waals surface area (Å²) in [5.41, 5.74) is 2.05. The summed E-state index contributed by atoms with van der Waals surface area (Å²) in [5, 5.41) is 5.72. The number of carbonyl (C=O) groups excluding carboxylic acids is 1. The van der Waals surface area contributed by atoms with Gasteiger partial charge in [0, 0.05) is 19.0 Å². The average molecular weight is 314 g/mol. The summed E-state index contributed by atoms with van der Waals surface area (Å²) in [7, 11) is 0. The number of hydrogen-bond donors (Lipinski definition) is 2. The second kappa shape index (κ2) is 8.14. The van der Waals surface area contributed by atoms with Crippen LogP contribution in [-0.4, -0.2) is 17.6 Å². The molecule has 0 aromatic heterocycles. The van der Waals surface area contributed by atoms with Gasteiger partial charge in [0.1, 0.15) is 5.75 Å². The van der Waals surface area contributed by atoms with E-state index in [1.165, 1.54) is 12.5 Å². The molecule has 0 aliphatic rings. The van der Waals surface area contributed by atoms with Gasteiger partial charge in [-0.2, -0.15) is 0 Å². The lowest BCUT2D eigenvalue weighted by atomic mass is 10.2. The minimum Gasteiger partial charge on any atom is -0.493 e. The van der Waals surface area contributed by atoms with Crippen LogP contribution in [0.4, 0.5) is 5.69 Å². The highest BCUT2D eigenvalue weighted by atomic mass is 32.1. The largest absolute Gasteiger partial charge is 0.493 e. The Hall–Kier alpha value is -2.40. The third kappa shape index (κ3) is 5.54. The Balaban J connectivity index is 1.79. The van der Waals surface area contributed by atoms with Crippen molar-refractivity contribution in [2.24, 2.45) is 0 Å². The minimum atomic E-state index is -0.196. The molecule has 2 rings (SSSR count). The van der Waals surface area contributed by atoms with E-state index >= 15 is 0 Å². The molecule has 1 amide bonds. The van der Waals surface area contributed by atoms with Gasteiger partial charge >= 0.3 is 0 Å². The summed E-state index contributed by atoms with van der Waals surface area (Å²) >= 11 is 4.99. The zero-order valence-corrected chi connectivity index (χ0v) is 13.2. The van der Waals surface area contributed by atoms with E-state index in [1.807, 2.05) is 42.5 Å². The third-order valence-electron chi connectivity index (χ3n) is 2.90. The van der Waals surface area contributed by atoms with Crippen LogP contribution in [0, 0.1) is 0 Å². The van der Waals surface area contributed by atoms with Gasteiger partial charge in [-0.25, -0.2) is 0 Å². The lowest BCUT2D eigenvalue weighted by molar-refractivity contribution is -0.117. The van der Waals surface area contributed by atoms with E-state index in [1.54, 1.807) is 0 Å². The van der Waals surface area contributed by atoms with Crippen molar-refractivity contribution >= 4 is 28.9 Å². The molecule has 114 valence electrons. The predicted octanol–water partition coefficient (Wildman–Crippen LogP) is 3.14. The van der Waals surface area contributed by atoms with Crippen LogP contribution in [0.2, 0.25) is 0 Å². The molecule has 0 fully saturated rings. The van der Waals surface area contributed by atoms with Crippen LogP contribution < -0.4 is 15.4 Å². The molecule has 0 aliphatic heterocycles. The van der Waals surface area contributed by atoms with E-state index in [0.717, 1.165) is 17.9 Å². The summed E-state index contributed by atoms with van der Waals surface area (Å²) in [6, 6.07) is 17.6. The molecule has 0 saturated carbocycles. The van der Waals surface area contributed by atoms with Gasteiger partial charge in [-0.05, 0) is 42.0 Å². The number of carbonyl (C=O) groups is 1. The van der Waals surface area contributed by atoms with Crippen molar-refractivity contribution in [2.45, 2.75) is 13.3 Å². The Morgan fingerprint density at radius 3 is 2.41 bits per heavy atom. The van der Waals surface area contributed by atoms with Gasteiger partial charge in [0.15, 0.2) is 5.11 Å². The Bertz CT molecular complexity index is 627. The second-order valence-electron chi connectivity index (χ2n) is 4.74. The van der Waals surface area contributed by atoms with Crippen molar-refractivity contribution in [2.75, 3.05) is 11.9 Å². The number of amides is 1. The molecule has 0 heterocycles. The zero-order chi connectivity index (χ0) is 15.8. The summed E-state index contributed by atoms with van der Waals surface area (Å²) in [6.45, 7) is 2.04. The fourth-order valence-corrected chi connectivity index (χ4v) is 2.15. The molecule has 0 bridgehead atoms. The van der Waals surface area contributed by atoms with E-state index in [-0.39, 0.29) is 11.0 Å². The molecular weight excluding hydrogens is 296 g/mol. The van der Waals surface area contributed by atoms with Crippen LogP contribution in [0.15, 0.2) is 54.6 Å². The molecule has 2 aromatic rings. The maximum Gasteiger partial charge on any atom is 0.222 e. The van der Waals surface area contributed by atoms with Crippen LogP contribution >= 0.6 is 12.2 Å². The van der Waals surface area contributed by atoms with Gasteiger partial charge in [0.2, 0.25) is 5.91 Å². The summed E-state index contributed by atoms with van der Waals surface area (Å²) in [5.74, 6) is 0.602. The van der Waals surface area contributed by atoms with Crippen molar-refractivity contribution < 1.29 is 9.53 Å². The summed E-state index contributed by atoms with van der Waals surface area (Å²) < 4.78 is 5.70. The van der Waals surface area contributed by atoms with Crippen LogP contribution in [0.1, 0.15) is 12.5 Å². The highest BCUT2D eigenvalue weighted by Crippen LogP contribution is 2.16. The first-order valence-corrected chi connectivity index (χ1v) is 7.39. The molecule has 22 heavy (non-hydrogen) atoms. The molecule has 5 heteroatoms. The standard InChI is InChI=1S/C17H18N2O2S/c1-13(20)18-17(22)19-15-7-9-16(10-8-15)21-12-11-14-5-3-2-4-6-14/h2-10H,11-12H2,1H3,(H2,18,19,20,22). The first-order chi connectivity index (χ1) is 10.6. The van der Waals surface area contributed by atoms with E-state index in [9.17, 15) is 4.79 Å². The van der Waals surface area contributed by atoms with E-state index in [2.05, 4.69) is 22.8 Å². The highest BCUT2D eigenvalue weighted by molar-refractivity contribution is 7.80. The van der Waals surface area contributed by atoms with Gasteiger partial charge < -0.3 is 15.4 Å². The second-order valence-corrected chi connectivity index (χ2v) is 5.15. The average Bonchev–Trinajstić information content (AvgIpc) is 2.49. The van der Waals surface area contributed by atoms with Crippen LogP contribution in [0.25, 0.3) is 0 Å². The molecule has 0 aliphatic carbocycles.